The quantitative estimate of drug-likeness (QED) is 0.645. The predicted octanol–water partition coefficient (Wildman–Crippen LogP) is 3.96. The Bertz CT molecular complexity index is 792. The third-order valence-electron chi connectivity index (χ3n) is 4.11. The molecule has 1 N–H and O–H groups in total. The number of esters is 1. The number of benzene rings is 2. The van der Waals surface area contributed by atoms with Gasteiger partial charge in [-0.2, -0.15) is 8.42 Å². The lowest BCUT2D eigenvalue weighted by Gasteiger charge is -2.10. The Morgan fingerprint density at radius 2 is 1.62 bits per heavy atom. The summed E-state index contributed by atoms with van der Waals surface area (Å²) in [5.41, 5.74) is 1.98. The fraction of sp³-hybridized carbons (Fsp3) is 0.350. The molecule has 2 aromatic carbocycles. The van der Waals surface area contributed by atoms with Gasteiger partial charge in [0, 0.05) is 0 Å². The monoisotopic (exact) mass is 376 g/mol. The molecule has 1 aliphatic rings. The van der Waals surface area contributed by atoms with Crippen molar-refractivity contribution in [2.24, 2.45) is 0 Å². The Balaban J connectivity index is 0.000000197. The van der Waals surface area contributed by atoms with Gasteiger partial charge in [-0.15, -0.1) is 0 Å². The lowest BCUT2D eigenvalue weighted by molar-refractivity contribution is -0.147. The van der Waals surface area contributed by atoms with Crippen LogP contribution in [-0.4, -0.2) is 25.0 Å². The highest BCUT2D eigenvalue weighted by atomic mass is 32.2. The molecule has 0 aliphatic heterocycles. The van der Waals surface area contributed by atoms with Crippen LogP contribution >= 0.6 is 0 Å². The Labute approximate surface area is 154 Å². The van der Waals surface area contributed by atoms with Crippen LogP contribution in [0.1, 0.15) is 36.8 Å². The summed E-state index contributed by atoms with van der Waals surface area (Å²) in [6.07, 6.45) is 5.06. The maximum Gasteiger partial charge on any atom is 0.310 e. The van der Waals surface area contributed by atoms with Crippen LogP contribution in [-0.2, 0) is 26.1 Å². The van der Waals surface area contributed by atoms with Crippen molar-refractivity contribution in [2.45, 2.75) is 50.0 Å². The molecule has 0 saturated heterocycles. The van der Waals surface area contributed by atoms with E-state index in [-0.39, 0.29) is 17.0 Å². The lowest BCUT2D eigenvalue weighted by atomic mass is 10.1. The summed E-state index contributed by atoms with van der Waals surface area (Å²) in [7, 11) is -4.02. The number of aryl methyl sites for hydroxylation is 1. The number of carbonyl (C=O) groups excluding carboxylic acids is 1. The van der Waals surface area contributed by atoms with E-state index in [1.165, 1.54) is 25.0 Å². The molecule has 5 nitrogen and oxygen atoms in total. The van der Waals surface area contributed by atoms with Gasteiger partial charge in [0.1, 0.15) is 6.10 Å². The highest BCUT2D eigenvalue weighted by Crippen LogP contribution is 2.21. The topological polar surface area (TPSA) is 80.7 Å². The summed E-state index contributed by atoms with van der Waals surface area (Å²) < 4.78 is 34.9. The van der Waals surface area contributed by atoms with Gasteiger partial charge in [0.15, 0.2) is 0 Å². The normalized spacial score (nSPS) is 14.4. The lowest BCUT2D eigenvalue weighted by Crippen LogP contribution is -2.16. The zero-order chi connectivity index (χ0) is 19.0. The molecule has 0 aromatic heterocycles. The highest BCUT2D eigenvalue weighted by Gasteiger charge is 2.19. The summed E-state index contributed by atoms with van der Waals surface area (Å²) in [6.45, 7) is 1.84. The Hall–Kier alpha value is -2.18. The Morgan fingerprint density at radius 1 is 1.04 bits per heavy atom. The van der Waals surface area contributed by atoms with Gasteiger partial charge in [-0.3, -0.25) is 9.35 Å². The van der Waals surface area contributed by atoms with Gasteiger partial charge in [0.05, 0.1) is 11.3 Å². The first-order valence-corrected chi connectivity index (χ1v) is 10.1. The Kier molecular flexibility index (Phi) is 7.36. The maximum atomic E-state index is 11.5. The minimum atomic E-state index is -4.02. The number of hydrogen-bond acceptors (Lipinski definition) is 4. The first-order chi connectivity index (χ1) is 12.3. The van der Waals surface area contributed by atoms with E-state index in [0.29, 0.717) is 6.42 Å². The van der Waals surface area contributed by atoms with E-state index in [1.54, 1.807) is 12.1 Å². The van der Waals surface area contributed by atoms with E-state index >= 15 is 0 Å². The summed E-state index contributed by atoms with van der Waals surface area (Å²) >= 11 is 0. The minimum Gasteiger partial charge on any atom is -0.462 e. The van der Waals surface area contributed by atoms with Crippen molar-refractivity contribution in [3.8, 4) is 0 Å². The minimum absolute atomic E-state index is 0.0666. The standard InChI is InChI=1S/C13H16O2.C7H8O3S/c14-13(15-12-8-4-5-9-12)10-11-6-2-1-3-7-11;1-6-2-4-7(5-3-6)11(8,9)10/h1-3,6-7,12H,4-5,8-10H2;2-5H,1H3,(H,8,9,10). The summed E-state index contributed by atoms with van der Waals surface area (Å²) in [5, 5.41) is 0. The molecule has 6 heteroatoms. The third-order valence-corrected chi connectivity index (χ3v) is 4.98. The van der Waals surface area contributed by atoms with Crippen molar-refractivity contribution in [1.82, 2.24) is 0 Å². The molecule has 0 unspecified atom stereocenters. The molecule has 0 heterocycles. The van der Waals surface area contributed by atoms with Gasteiger partial charge in [-0.1, -0.05) is 48.0 Å². The third kappa shape index (κ3) is 6.98. The molecule has 0 amide bonds. The van der Waals surface area contributed by atoms with E-state index in [4.69, 9.17) is 9.29 Å². The number of ether oxygens (including phenoxy) is 1. The fourth-order valence-corrected chi connectivity index (χ4v) is 3.19. The van der Waals surface area contributed by atoms with Crippen LogP contribution in [0, 0.1) is 6.92 Å². The molecule has 0 spiro atoms. The van der Waals surface area contributed by atoms with Crippen molar-refractivity contribution in [1.29, 1.82) is 0 Å². The van der Waals surface area contributed by atoms with Crippen LogP contribution in [0.3, 0.4) is 0 Å². The van der Waals surface area contributed by atoms with Crippen molar-refractivity contribution < 1.29 is 22.5 Å². The van der Waals surface area contributed by atoms with Gasteiger partial charge in [-0.05, 0) is 50.3 Å². The molecule has 2 aromatic rings. The molecule has 0 bridgehead atoms. The molecule has 1 saturated carbocycles. The van der Waals surface area contributed by atoms with Gasteiger partial charge in [-0.25, -0.2) is 0 Å². The zero-order valence-electron chi connectivity index (χ0n) is 14.8. The molecular formula is C20H24O5S. The molecule has 26 heavy (non-hydrogen) atoms. The van der Waals surface area contributed by atoms with E-state index in [9.17, 15) is 13.2 Å². The van der Waals surface area contributed by atoms with Crippen LogP contribution in [0.25, 0.3) is 0 Å². The average molecular weight is 376 g/mol. The zero-order valence-corrected chi connectivity index (χ0v) is 15.6. The fourth-order valence-electron chi connectivity index (χ4n) is 2.71. The molecule has 0 atom stereocenters. The van der Waals surface area contributed by atoms with Gasteiger partial charge in [0.25, 0.3) is 10.1 Å². The number of rotatable bonds is 4. The highest BCUT2D eigenvalue weighted by molar-refractivity contribution is 7.85. The van der Waals surface area contributed by atoms with Crippen molar-refractivity contribution >= 4 is 16.1 Å². The van der Waals surface area contributed by atoms with E-state index in [1.807, 2.05) is 37.3 Å². The van der Waals surface area contributed by atoms with E-state index in [2.05, 4.69) is 0 Å². The molecular weight excluding hydrogens is 352 g/mol. The van der Waals surface area contributed by atoms with Crippen molar-refractivity contribution in [3.05, 3.63) is 65.7 Å². The second-order valence-electron chi connectivity index (χ2n) is 6.35. The first-order valence-electron chi connectivity index (χ1n) is 8.62. The van der Waals surface area contributed by atoms with E-state index in [0.717, 1.165) is 24.0 Å². The number of hydrogen-bond donors (Lipinski definition) is 1. The Morgan fingerprint density at radius 3 is 2.15 bits per heavy atom. The van der Waals surface area contributed by atoms with Gasteiger partial charge < -0.3 is 4.74 Å². The molecule has 0 radical (unpaired) electrons. The molecule has 1 fully saturated rings. The van der Waals surface area contributed by atoms with Crippen LogP contribution in [0.15, 0.2) is 59.5 Å². The van der Waals surface area contributed by atoms with E-state index < -0.39 is 10.1 Å². The largest absolute Gasteiger partial charge is 0.462 e. The maximum absolute atomic E-state index is 11.5. The summed E-state index contributed by atoms with van der Waals surface area (Å²) in [4.78, 5) is 11.5. The smallest absolute Gasteiger partial charge is 0.310 e. The number of carbonyl (C=O) groups is 1. The molecule has 3 rings (SSSR count). The van der Waals surface area contributed by atoms with Crippen LogP contribution < -0.4 is 0 Å². The second kappa shape index (κ2) is 9.50. The van der Waals surface area contributed by atoms with Crippen LogP contribution in [0.4, 0.5) is 0 Å². The second-order valence-corrected chi connectivity index (χ2v) is 7.77. The SMILES string of the molecule is Cc1ccc(S(=O)(=O)O)cc1.O=C(Cc1ccccc1)OC1CCCC1. The van der Waals surface area contributed by atoms with Crippen molar-refractivity contribution in [2.75, 3.05) is 0 Å². The molecule has 140 valence electrons. The van der Waals surface area contributed by atoms with Crippen LogP contribution in [0.2, 0.25) is 0 Å². The van der Waals surface area contributed by atoms with Crippen molar-refractivity contribution in [3.63, 3.8) is 0 Å². The predicted molar refractivity (Wildman–Crippen MR) is 99.5 cm³/mol. The average Bonchev–Trinajstić information content (AvgIpc) is 3.09. The summed E-state index contributed by atoms with van der Waals surface area (Å²) in [6, 6.07) is 15.7. The van der Waals surface area contributed by atoms with Crippen LogP contribution in [0.5, 0.6) is 0 Å². The summed E-state index contributed by atoms with van der Waals surface area (Å²) in [5.74, 6) is -0.0897. The van der Waals surface area contributed by atoms with Gasteiger partial charge >= 0.3 is 5.97 Å². The molecule has 1 aliphatic carbocycles. The van der Waals surface area contributed by atoms with Gasteiger partial charge in [0.2, 0.25) is 0 Å². The first kappa shape index (κ1) is 20.1.